The van der Waals surface area contributed by atoms with Crippen LogP contribution in [0.1, 0.15) is 39.4 Å². The summed E-state index contributed by atoms with van der Waals surface area (Å²) in [5.41, 5.74) is 1.78. The zero-order valence-electron chi connectivity index (χ0n) is 17.4. The molecule has 0 bridgehead atoms. The molecule has 6 heteroatoms. The molecule has 0 radical (unpaired) electrons. The standard InChI is InChI=1S/C26H21NO5/c1-31-18-11-7-10-17(14-18)23-22-24(29)19-12-5-6-13-21(19)32-25(22)26(30)27(23)15-20(28)16-8-3-2-4-9-16/h2-14,20,23,28H,15H2,1H3/t20-,23-/m1/s1. The molecule has 160 valence electrons. The van der Waals surface area contributed by atoms with E-state index in [0.717, 1.165) is 0 Å². The summed E-state index contributed by atoms with van der Waals surface area (Å²) in [5, 5.41) is 11.3. The Balaban J connectivity index is 1.68. The van der Waals surface area contributed by atoms with Gasteiger partial charge in [-0.2, -0.15) is 0 Å². The maximum Gasteiger partial charge on any atom is 0.291 e. The van der Waals surface area contributed by atoms with Crippen molar-refractivity contribution in [3.63, 3.8) is 0 Å². The van der Waals surface area contributed by atoms with Gasteiger partial charge in [-0.3, -0.25) is 9.59 Å². The molecule has 4 aromatic rings. The van der Waals surface area contributed by atoms with Gasteiger partial charge >= 0.3 is 0 Å². The number of benzene rings is 3. The fourth-order valence-corrected chi connectivity index (χ4v) is 4.28. The summed E-state index contributed by atoms with van der Waals surface area (Å²) in [5.74, 6) is 0.199. The minimum atomic E-state index is -0.924. The lowest BCUT2D eigenvalue weighted by atomic mass is 9.98. The van der Waals surface area contributed by atoms with Crippen LogP contribution in [0.2, 0.25) is 0 Å². The van der Waals surface area contributed by atoms with E-state index < -0.39 is 18.1 Å². The average molecular weight is 427 g/mol. The zero-order chi connectivity index (χ0) is 22.2. The lowest BCUT2D eigenvalue weighted by Gasteiger charge is -2.27. The van der Waals surface area contributed by atoms with Crippen LogP contribution >= 0.6 is 0 Å². The van der Waals surface area contributed by atoms with Crippen molar-refractivity contribution < 1.29 is 19.1 Å². The van der Waals surface area contributed by atoms with Gasteiger partial charge in [0.05, 0.1) is 36.8 Å². The third kappa shape index (κ3) is 3.25. The fraction of sp³-hybridized carbons (Fsp3) is 0.154. The van der Waals surface area contributed by atoms with Gasteiger partial charge in [0, 0.05) is 0 Å². The first-order chi connectivity index (χ1) is 15.6. The maximum absolute atomic E-state index is 13.5. The molecule has 1 amide bonds. The molecule has 32 heavy (non-hydrogen) atoms. The molecule has 0 saturated heterocycles. The van der Waals surface area contributed by atoms with Gasteiger partial charge in [-0.1, -0.05) is 54.6 Å². The number of ether oxygens (including phenoxy) is 1. The number of nitrogens with zero attached hydrogens (tertiary/aromatic N) is 1. The fourth-order valence-electron chi connectivity index (χ4n) is 4.28. The summed E-state index contributed by atoms with van der Waals surface area (Å²) in [6, 6.07) is 22.6. The monoisotopic (exact) mass is 427 g/mol. The van der Waals surface area contributed by atoms with Crippen molar-refractivity contribution >= 4 is 16.9 Å². The van der Waals surface area contributed by atoms with E-state index >= 15 is 0 Å². The molecule has 6 nitrogen and oxygen atoms in total. The number of carbonyl (C=O) groups is 1. The Hall–Kier alpha value is -3.90. The molecule has 1 aliphatic heterocycles. The van der Waals surface area contributed by atoms with Crippen molar-refractivity contribution in [2.75, 3.05) is 13.7 Å². The van der Waals surface area contributed by atoms with Crippen molar-refractivity contribution in [3.8, 4) is 5.75 Å². The van der Waals surface area contributed by atoms with E-state index in [0.29, 0.717) is 27.8 Å². The molecular weight excluding hydrogens is 406 g/mol. The number of hydrogen-bond acceptors (Lipinski definition) is 5. The van der Waals surface area contributed by atoms with Gasteiger partial charge in [0.1, 0.15) is 11.3 Å². The molecule has 0 saturated carbocycles. The molecule has 1 N–H and O–H groups in total. The number of carbonyl (C=O) groups excluding carboxylic acids is 1. The Bertz CT molecular complexity index is 1360. The number of aliphatic hydroxyl groups is 1. The highest BCUT2D eigenvalue weighted by Gasteiger charge is 2.43. The molecule has 0 aliphatic carbocycles. The van der Waals surface area contributed by atoms with Crippen molar-refractivity contribution in [2.24, 2.45) is 0 Å². The van der Waals surface area contributed by atoms with Gasteiger partial charge in [0.15, 0.2) is 5.43 Å². The topological polar surface area (TPSA) is 80.0 Å². The summed E-state index contributed by atoms with van der Waals surface area (Å²) < 4.78 is 11.3. The summed E-state index contributed by atoms with van der Waals surface area (Å²) in [4.78, 5) is 28.4. The van der Waals surface area contributed by atoms with Gasteiger partial charge in [-0.05, 0) is 35.4 Å². The average Bonchev–Trinajstić information content (AvgIpc) is 3.11. The Kier molecular flexibility index (Phi) is 4.99. The normalized spacial score (nSPS) is 16.2. The summed E-state index contributed by atoms with van der Waals surface area (Å²) in [7, 11) is 1.56. The van der Waals surface area contributed by atoms with Gasteiger partial charge < -0.3 is 19.2 Å². The van der Waals surface area contributed by atoms with Crippen LogP contribution in [0.15, 0.2) is 88.1 Å². The molecule has 5 rings (SSSR count). The van der Waals surface area contributed by atoms with Crippen LogP contribution in [0.5, 0.6) is 5.75 Å². The largest absolute Gasteiger partial charge is 0.497 e. The molecule has 2 atom stereocenters. The lowest BCUT2D eigenvalue weighted by molar-refractivity contribution is 0.0583. The highest BCUT2D eigenvalue weighted by atomic mass is 16.5. The van der Waals surface area contributed by atoms with Crippen LogP contribution < -0.4 is 10.2 Å². The SMILES string of the molecule is COc1cccc([C@@H]2c3c(oc4ccccc4c3=O)C(=O)N2C[C@@H](O)c2ccccc2)c1. The molecule has 0 unspecified atom stereocenters. The molecule has 2 heterocycles. The number of fused-ring (bicyclic) bond motifs is 2. The van der Waals surface area contributed by atoms with E-state index in [1.54, 1.807) is 55.6 Å². The van der Waals surface area contributed by atoms with E-state index in [1.807, 2.05) is 30.3 Å². The quantitative estimate of drug-likeness (QED) is 0.519. The molecule has 0 fully saturated rings. The van der Waals surface area contributed by atoms with Crippen LogP contribution in [0.25, 0.3) is 11.0 Å². The van der Waals surface area contributed by atoms with Crippen molar-refractivity contribution in [2.45, 2.75) is 12.1 Å². The highest BCUT2D eigenvalue weighted by molar-refractivity contribution is 5.99. The second-order valence-corrected chi connectivity index (χ2v) is 7.73. The third-order valence-electron chi connectivity index (χ3n) is 5.84. The van der Waals surface area contributed by atoms with Crippen molar-refractivity contribution in [3.05, 3.63) is 112 Å². The van der Waals surface area contributed by atoms with Gasteiger partial charge in [-0.15, -0.1) is 0 Å². The van der Waals surface area contributed by atoms with E-state index in [2.05, 4.69) is 0 Å². The minimum absolute atomic E-state index is 0.00467. The summed E-state index contributed by atoms with van der Waals surface area (Å²) in [6.07, 6.45) is -0.924. The molecule has 1 aliphatic rings. The van der Waals surface area contributed by atoms with Crippen LogP contribution in [0, 0.1) is 0 Å². The molecule has 1 aromatic heterocycles. The molecule has 3 aromatic carbocycles. The van der Waals surface area contributed by atoms with Crippen LogP contribution in [-0.4, -0.2) is 29.6 Å². The number of β-amino-alcohol motifs (C(OH)–C–C–N with tert-alkyl or cyclic N) is 1. The molecule has 0 spiro atoms. The van der Waals surface area contributed by atoms with E-state index in [-0.39, 0.29) is 23.3 Å². The highest BCUT2D eigenvalue weighted by Crippen LogP contribution is 2.40. The van der Waals surface area contributed by atoms with Crippen molar-refractivity contribution in [1.29, 1.82) is 0 Å². The van der Waals surface area contributed by atoms with E-state index in [1.165, 1.54) is 4.90 Å². The summed E-state index contributed by atoms with van der Waals surface area (Å²) in [6.45, 7) is 0.00467. The first-order valence-corrected chi connectivity index (χ1v) is 10.3. The van der Waals surface area contributed by atoms with Gasteiger partial charge in [-0.25, -0.2) is 0 Å². The number of aliphatic hydroxyl groups excluding tert-OH is 1. The van der Waals surface area contributed by atoms with Gasteiger partial charge in [0.25, 0.3) is 5.91 Å². The second-order valence-electron chi connectivity index (χ2n) is 7.73. The Morgan fingerprint density at radius 3 is 2.53 bits per heavy atom. The van der Waals surface area contributed by atoms with E-state index in [9.17, 15) is 14.7 Å². The minimum Gasteiger partial charge on any atom is -0.497 e. The Morgan fingerprint density at radius 2 is 1.75 bits per heavy atom. The number of methoxy groups -OCH3 is 1. The van der Waals surface area contributed by atoms with Crippen LogP contribution in [0.3, 0.4) is 0 Å². The smallest absolute Gasteiger partial charge is 0.291 e. The number of hydrogen-bond donors (Lipinski definition) is 1. The van der Waals surface area contributed by atoms with Crippen LogP contribution in [-0.2, 0) is 0 Å². The van der Waals surface area contributed by atoms with Crippen molar-refractivity contribution in [1.82, 2.24) is 4.90 Å². The summed E-state index contributed by atoms with van der Waals surface area (Å²) >= 11 is 0. The predicted molar refractivity (Wildman–Crippen MR) is 120 cm³/mol. The Morgan fingerprint density at radius 1 is 1.00 bits per heavy atom. The second kappa shape index (κ2) is 7.98. The first kappa shape index (κ1) is 20.0. The predicted octanol–water partition coefficient (Wildman–Crippen LogP) is 4.08. The van der Waals surface area contributed by atoms with Gasteiger partial charge in [0.2, 0.25) is 5.76 Å². The number of amides is 1. The lowest BCUT2D eigenvalue weighted by Crippen LogP contribution is -2.33. The molecular formula is C26H21NO5. The van der Waals surface area contributed by atoms with E-state index in [4.69, 9.17) is 9.15 Å². The zero-order valence-corrected chi connectivity index (χ0v) is 17.4. The number of rotatable bonds is 5. The van der Waals surface area contributed by atoms with Crippen LogP contribution in [0.4, 0.5) is 0 Å². The maximum atomic E-state index is 13.5. The first-order valence-electron chi connectivity index (χ1n) is 10.3. The Labute approximate surface area is 184 Å². The number of para-hydroxylation sites is 1. The third-order valence-corrected chi connectivity index (χ3v) is 5.84.